The first-order valence-electron chi connectivity index (χ1n) is 6.37. The Kier molecular flexibility index (Phi) is 4.64. The zero-order valence-electron chi connectivity index (χ0n) is 10.6. The average molecular weight is 312 g/mol. The SMILES string of the molecule is CCOc1ccc(C(=O)N2CCCC(Br)C2)cc1. The number of halogens is 1. The normalized spacial score (nSPS) is 19.7. The van der Waals surface area contributed by atoms with Gasteiger partial charge in [-0.2, -0.15) is 0 Å². The lowest BCUT2D eigenvalue weighted by molar-refractivity contribution is 0.0730. The molecule has 0 aliphatic carbocycles. The summed E-state index contributed by atoms with van der Waals surface area (Å²) in [4.78, 5) is 14.6. The van der Waals surface area contributed by atoms with E-state index in [9.17, 15) is 4.79 Å². The third-order valence-corrected chi connectivity index (χ3v) is 3.81. The van der Waals surface area contributed by atoms with Gasteiger partial charge in [0.05, 0.1) is 6.61 Å². The number of likely N-dealkylation sites (tertiary alicyclic amines) is 1. The predicted molar refractivity (Wildman–Crippen MR) is 75.5 cm³/mol. The highest BCUT2D eigenvalue weighted by atomic mass is 79.9. The molecule has 1 amide bonds. The minimum absolute atomic E-state index is 0.113. The van der Waals surface area contributed by atoms with Gasteiger partial charge < -0.3 is 9.64 Å². The van der Waals surface area contributed by atoms with Gasteiger partial charge in [-0.15, -0.1) is 0 Å². The van der Waals surface area contributed by atoms with Crippen molar-refractivity contribution in [3.8, 4) is 5.75 Å². The average Bonchev–Trinajstić information content (AvgIpc) is 2.39. The minimum atomic E-state index is 0.113. The van der Waals surface area contributed by atoms with Gasteiger partial charge in [-0.1, -0.05) is 15.9 Å². The van der Waals surface area contributed by atoms with Crippen LogP contribution in [0.25, 0.3) is 0 Å². The van der Waals surface area contributed by atoms with E-state index in [0.29, 0.717) is 11.4 Å². The number of rotatable bonds is 3. The van der Waals surface area contributed by atoms with Crippen LogP contribution in [0.2, 0.25) is 0 Å². The van der Waals surface area contributed by atoms with Gasteiger partial charge in [0.1, 0.15) is 5.75 Å². The van der Waals surface area contributed by atoms with Crippen molar-refractivity contribution < 1.29 is 9.53 Å². The zero-order valence-corrected chi connectivity index (χ0v) is 12.1. The Morgan fingerprint density at radius 3 is 2.78 bits per heavy atom. The Bertz CT molecular complexity index is 405. The highest BCUT2D eigenvalue weighted by Crippen LogP contribution is 2.20. The van der Waals surface area contributed by atoms with Crippen LogP contribution in [0.15, 0.2) is 24.3 Å². The van der Waals surface area contributed by atoms with E-state index < -0.39 is 0 Å². The van der Waals surface area contributed by atoms with Crippen LogP contribution in [0.1, 0.15) is 30.1 Å². The molecule has 1 heterocycles. The molecule has 4 heteroatoms. The number of alkyl halides is 1. The lowest BCUT2D eigenvalue weighted by Gasteiger charge is -2.30. The summed E-state index contributed by atoms with van der Waals surface area (Å²) in [6.45, 7) is 4.24. The summed E-state index contributed by atoms with van der Waals surface area (Å²) < 4.78 is 5.37. The second-order valence-corrected chi connectivity index (χ2v) is 5.74. The van der Waals surface area contributed by atoms with Crippen molar-refractivity contribution in [2.75, 3.05) is 19.7 Å². The van der Waals surface area contributed by atoms with E-state index in [2.05, 4.69) is 15.9 Å². The molecule has 18 heavy (non-hydrogen) atoms. The lowest BCUT2D eigenvalue weighted by Crippen LogP contribution is -2.40. The first kappa shape index (κ1) is 13.4. The van der Waals surface area contributed by atoms with Crippen LogP contribution in [-0.4, -0.2) is 35.3 Å². The number of hydrogen-bond acceptors (Lipinski definition) is 2. The fourth-order valence-corrected chi connectivity index (χ4v) is 2.83. The topological polar surface area (TPSA) is 29.5 Å². The van der Waals surface area contributed by atoms with Gasteiger partial charge in [0.25, 0.3) is 5.91 Å². The first-order valence-corrected chi connectivity index (χ1v) is 7.28. The number of benzene rings is 1. The van der Waals surface area contributed by atoms with E-state index in [4.69, 9.17) is 4.74 Å². The molecule has 0 N–H and O–H groups in total. The van der Waals surface area contributed by atoms with Crippen LogP contribution in [0.3, 0.4) is 0 Å². The first-order chi connectivity index (χ1) is 8.70. The van der Waals surface area contributed by atoms with E-state index in [1.807, 2.05) is 36.1 Å². The summed E-state index contributed by atoms with van der Waals surface area (Å²) >= 11 is 3.59. The Morgan fingerprint density at radius 1 is 1.44 bits per heavy atom. The molecule has 1 unspecified atom stereocenters. The lowest BCUT2D eigenvalue weighted by atomic mass is 10.1. The predicted octanol–water partition coefficient (Wildman–Crippen LogP) is 3.08. The summed E-state index contributed by atoms with van der Waals surface area (Å²) in [5, 5.41) is 0. The summed E-state index contributed by atoms with van der Waals surface area (Å²) in [5.41, 5.74) is 0.736. The van der Waals surface area contributed by atoms with Crippen molar-refractivity contribution in [3.05, 3.63) is 29.8 Å². The highest BCUT2D eigenvalue weighted by Gasteiger charge is 2.22. The monoisotopic (exact) mass is 311 g/mol. The molecular weight excluding hydrogens is 294 g/mol. The van der Waals surface area contributed by atoms with Gasteiger partial charge in [-0.3, -0.25) is 4.79 Å². The maximum atomic E-state index is 12.3. The second-order valence-electron chi connectivity index (χ2n) is 4.45. The van der Waals surface area contributed by atoms with Crippen molar-refractivity contribution in [1.82, 2.24) is 4.90 Å². The maximum absolute atomic E-state index is 12.3. The van der Waals surface area contributed by atoms with Crippen molar-refractivity contribution in [2.45, 2.75) is 24.6 Å². The maximum Gasteiger partial charge on any atom is 0.253 e. The smallest absolute Gasteiger partial charge is 0.253 e. The molecule has 1 atom stereocenters. The summed E-state index contributed by atoms with van der Waals surface area (Å²) in [7, 11) is 0. The molecule has 0 saturated carbocycles. The molecule has 1 aliphatic heterocycles. The van der Waals surface area contributed by atoms with Crippen LogP contribution in [0, 0.1) is 0 Å². The van der Waals surface area contributed by atoms with E-state index in [-0.39, 0.29) is 5.91 Å². The Balaban J connectivity index is 2.03. The Hall–Kier alpha value is -1.03. The fraction of sp³-hybridized carbons (Fsp3) is 0.500. The minimum Gasteiger partial charge on any atom is -0.494 e. The molecule has 1 saturated heterocycles. The number of hydrogen-bond donors (Lipinski definition) is 0. The van der Waals surface area contributed by atoms with Gasteiger partial charge in [-0.05, 0) is 44.0 Å². The number of amides is 1. The Morgan fingerprint density at radius 2 is 2.17 bits per heavy atom. The molecule has 0 aromatic heterocycles. The molecule has 98 valence electrons. The van der Waals surface area contributed by atoms with Gasteiger partial charge in [-0.25, -0.2) is 0 Å². The molecule has 0 bridgehead atoms. The number of ether oxygens (including phenoxy) is 1. The molecule has 1 aromatic carbocycles. The summed E-state index contributed by atoms with van der Waals surface area (Å²) in [6, 6.07) is 7.38. The van der Waals surface area contributed by atoms with Crippen LogP contribution < -0.4 is 4.74 Å². The molecule has 1 fully saturated rings. The quantitative estimate of drug-likeness (QED) is 0.803. The van der Waals surface area contributed by atoms with Gasteiger partial charge in [0.2, 0.25) is 0 Å². The van der Waals surface area contributed by atoms with Crippen LogP contribution in [-0.2, 0) is 0 Å². The van der Waals surface area contributed by atoms with Gasteiger partial charge in [0.15, 0.2) is 0 Å². The van der Waals surface area contributed by atoms with Crippen molar-refractivity contribution >= 4 is 21.8 Å². The van der Waals surface area contributed by atoms with Crippen molar-refractivity contribution in [3.63, 3.8) is 0 Å². The molecule has 2 rings (SSSR count). The van der Waals surface area contributed by atoms with Crippen molar-refractivity contribution in [2.24, 2.45) is 0 Å². The Labute approximate surface area is 116 Å². The van der Waals surface area contributed by atoms with Crippen LogP contribution >= 0.6 is 15.9 Å². The van der Waals surface area contributed by atoms with E-state index in [1.165, 1.54) is 0 Å². The number of carbonyl (C=O) groups excluding carboxylic acids is 1. The molecule has 0 spiro atoms. The standard InChI is InChI=1S/C14H18BrNO2/c1-2-18-13-7-5-11(6-8-13)14(17)16-9-3-4-12(15)10-16/h5-8,12H,2-4,9-10H2,1H3. The molecule has 1 aromatic rings. The van der Waals surface area contributed by atoms with E-state index in [0.717, 1.165) is 37.2 Å². The molecule has 0 radical (unpaired) electrons. The van der Waals surface area contributed by atoms with E-state index >= 15 is 0 Å². The molecule has 3 nitrogen and oxygen atoms in total. The highest BCUT2D eigenvalue weighted by molar-refractivity contribution is 9.09. The zero-order chi connectivity index (χ0) is 13.0. The van der Waals surface area contributed by atoms with Gasteiger partial charge >= 0.3 is 0 Å². The van der Waals surface area contributed by atoms with Gasteiger partial charge in [0, 0.05) is 23.5 Å². The third kappa shape index (κ3) is 3.25. The number of piperidine rings is 1. The summed E-state index contributed by atoms with van der Waals surface area (Å²) in [6.07, 6.45) is 2.21. The fourth-order valence-electron chi connectivity index (χ4n) is 2.15. The third-order valence-electron chi connectivity index (χ3n) is 3.06. The molecular formula is C14H18BrNO2. The number of carbonyl (C=O) groups is 1. The second kappa shape index (κ2) is 6.23. The number of nitrogens with zero attached hydrogens (tertiary/aromatic N) is 1. The summed E-state index contributed by atoms with van der Waals surface area (Å²) in [5.74, 6) is 0.924. The largest absolute Gasteiger partial charge is 0.494 e. The van der Waals surface area contributed by atoms with Crippen LogP contribution in [0.4, 0.5) is 0 Å². The van der Waals surface area contributed by atoms with E-state index in [1.54, 1.807) is 0 Å². The molecule has 1 aliphatic rings. The van der Waals surface area contributed by atoms with Crippen LogP contribution in [0.5, 0.6) is 5.75 Å². The van der Waals surface area contributed by atoms with Crippen molar-refractivity contribution in [1.29, 1.82) is 0 Å².